The molecule has 1 N–H and O–H groups in total. The number of non-ortho nitro benzene ring substituents is 1. The Morgan fingerprint density at radius 3 is 2.84 bits per heavy atom. The number of hydrogen-bond acceptors (Lipinski definition) is 4. The molecular weight excluding hydrogens is 314 g/mol. The van der Waals surface area contributed by atoms with E-state index in [-0.39, 0.29) is 17.6 Å². The lowest BCUT2D eigenvalue weighted by molar-refractivity contribution is -0.384. The van der Waals surface area contributed by atoms with E-state index in [1.807, 2.05) is 0 Å². The Balaban J connectivity index is 2.21. The average Bonchev–Trinajstić information content (AvgIpc) is 2.90. The summed E-state index contributed by atoms with van der Waals surface area (Å²) < 4.78 is 0.449. The van der Waals surface area contributed by atoms with E-state index in [2.05, 4.69) is 21.2 Å². The van der Waals surface area contributed by atoms with Crippen molar-refractivity contribution in [1.29, 1.82) is 0 Å². The Morgan fingerprint density at radius 2 is 2.32 bits per heavy atom. The second-order valence-corrected chi connectivity index (χ2v) is 5.34. The summed E-state index contributed by atoms with van der Waals surface area (Å²) in [5.74, 6) is -0.129. The minimum atomic E-state index is -0.483. The van der Waals surface area contributed by atoms with Gasteiger partial charge in [-0.05, 0) is 35.0 Å². The van der Waals surface area contributed by atoms with E-state index in [9.17, 15) is 14.9 Å². The van der Waals surface area contributed by atoms with Gasteiger partial charge in [-0.3, -0.25) is 14.9 Å². The molecule has 1 heterocycles. The quantitative estimate of drug-likeness (QED) is 0.678. The highest BCUT2D eigenvalue weighted by Crippen LogP contribution is 2.24. The van der Waals surface area contributed by atoms with Gasteiger partial charge in [0.05, 0.1) is 10.5 Å². The molecule has 19 heavy (non-hydrogen) atoms. The molecule has 0 aromatic heterocycles. The van der Waals surface area contributed by atoms with Crippen molar-refractivity contribution >= 4 is 27.5 Å². The van der Waals surface area contributed by atoms with Crippen LogP contribution < -0.4 is 5.32 Å². The van der Waals surface area contributed by atoms with Gasteiger partial charge in [-0.15, -0.1) is 0 Å². The molecule has 0 radical (unpaired) electrons. The van der Waals surface area contributed by atoms with Crippen molar-refractivity contribution in [2.75, 3.05) is 20.1 Å². The maximum absolute atomic E-state index is 12.3. The molecule has 0 saturated carbocycles. The van der Waals surface area contributed by atoms with Gasteiger partial charge in [-0.2, -0.15) is 0 Å². The molecule has 7 heteroatoms. The molecule has 1 aliphatic rings. The van der Waals surface area contributed by atoms with E-state index in [1.54, 1.807) is 11.9 Å². The summed E-state index contributed by atoms with van der Waals surface area (Å²) in [5, 5.41) is 13.9. The standard InChI is InChI=1S/C12H14BrN3O3/c1-15(9-4-5-14-7-9)12(17)10-3-2-8(16(18)19)6-11(10)13/h2-3,6,9,14H,4-5,7H2,1H3. The lowest BCUT2D eigenvalue weighted by Gasteiger charge is -2.24. The smallest absolute Gasteiger partial charge is 0.270 e. The number of amides is 1. The number of halogens is 1. The molecular formula is C12H14BrN3O3. The highest BCUT2D eigenvalue weighted by atomic mass is 79.9. The Morgan fingerprint density at radius 1 is 1.58 bits per heavy atom. The maximum atomic E-state index is 12.3. The summed E-state index contributed by atoms with van der Waals surface area (Å²) in [6, 6.07) is 4.37. The monoisotopic (exact) mass is 327 g/mol. The number of nitro benzene ring substituents is 1. The summed E-state index contributed by atoms with van der Waals surface area (Å²) >= 11 is 3.23. The molecule has 1 aliphatic heterocycles. The van der Waals surface area contributed by atoms with Gasteiger partial charge in [0.25, 0.3) is 11.6 Å². The lowest BCUT2D eigenvalue weighted by Crippen LogP contribution is -2.38. The fraction of sp³-hybridized carbons (Fsp3) is 0.417. The molecule has 2 rings (SSSR count). The number of nitro groups is 1. The average molecular weight is 328 g/mol. The summed E-state index contributed by atoms with van der Waals surface area (Å²) in [7, 11) is 1.76. The molecule has 1 aromatic carbocycles. The van der Waals surface area contributed by atoms with E-state index in [0.717, 1.165) is 19.5 Å². The van der Waals surface area contributed by atoms with Crippen LogP contribution in [0.15, 0.2) is 22.7 Å². The predicted octanol–water partition coefficient (Wildman–Crippen LogP) is 1.79. The Labute approximate surface area is 119 Å². The zero-order chi connectivity index (χ0) is 14.0. The Hall–Kier alpha value is -1.47. The molecule has 1 unspecified atom stereocenters. The molecule has 1 fully saturated rings. The fourth-order valence-electron chi connectivity index (χ4n) is 2.12. The first-order chi connectivity index (χ1) is 9.00. The van der Waals surface area contributed by atoms with Gasteiger partial charge in [0.1, 0.15) is 0 Å². The van der Waals surface area contributed by atoms with Crippen molar-refractivity contribution in [2.24, 2.45) is 0 Å². The molecule has 1 atom stereocenters. The normalized spacial score (nSPS) is 18.3. The maximum Gasteiger partial charge on any atom is 0.270 e. The first kappa shape index (κ1) is 14.0. The minimum Gasteiger partial charge on any atom is -0.337 e. The van der Waals surface area contributed by atoms with Crippen molar-refractivity contribution in [3.8, 4) is 0 Å². The van der Waals surface area contributed by atoms with Crippen LogP contribution in [0, 0.1) is 10.1 Å². The van der Waals surface area contributed by atoms with Crippen molar-refractivity contribution < 1.29 is 9.72 Å². The van der Waals surface area contributed by atoms with E-state index in [4.69, 9.17) is 0 Å². The largest absolute Gasteiger partial charge is 0.337 e. The van der Waals surface area contributed by atoms with Crippen LogP contribution in [0.4, 0.5) is 5.69 Å². The van der Waals surface area contributed by atoms with Gasteiger partial charge in [0.2, 0.25) is 0 Å². The third-order valence-corrected chi connectivity index (χ3v) is 3.95. The third kappa shape index (κ3) is 2.93. The van der Waals surface area contributed by atoms with Crippen LogP contribution in [0.5, 0.6) is 0 Å². The topological polar surface area (TPSA) is 75.5 Å². The molecule has 1 amide bonds. The van der Waals surface area contributed by atoms with Gasteiger partial charge >= 0.3 is 0 Å². The lowest BCUT2D eigenvalue weighted by atomic mass is 10.1. The second-order valence-electron chi connectivity index (χ2n) is 4.48. The Kier molecular flexibility index (Phi) is 4.16. The summed E-state index contributed by atoms with van der Waals surface area (Å²) in [6.45, 7) is 1.69. The molecule has 0 spiro atoms. The first-order valence-corrected chi connectivity index (χ1v) is 6.72. The molecule has 6 nitrogen and oxygen atoms in total. The van der Waals surface area contributed by atoms with Crippen LogP contribution in [0.2, 0.25) is 0 Å². The van der Waals surface area contributed by atoms with Crippen LogP contribution in [0.3, 0.4) is 0 Å². The SMILES string of the molecule is CN(C(=O)c1ccc([N+](=O)[O-])cc1Br)C1CCNC1. The summed E-state index contributed by atoms with van der Waals surface area (Å²) in [6.07, 6.45) is 0.923. The highest BCUT2D eigenvalue weighted by molar-refractivity contribution is 9.10. The van der Waals surface area contributed by atoms with Crippen molar-refractivity contribution in [3.05, 3.63) is 38.3 Å². The van der Waals surface area contributed by atoms with Crippen molar-refractivity contribution in [1.82, 2.24) is 10.2 Å². The number of hydrogen-bond donors (Lipinski definition) is 1. The van der Waals surface area contributed by atoms with Crippen molar-refractivity contribution in [3.63, 3.8) is 0 Å². The highest BCUT2D eigenvalue weighted by Gasteiger charge is 2.25. The van der Waals surface area contributed by atoms with Gasteiger partial charge in [0.15, 0.2) is 0 Å². The fourth-order valence-corrected chi connectivity index (χ4v) is 2.65. The van der Waals surface area contributed by atoms with Gasteiger partial charge in [-0.1, -0.05) is 0 Å². The zero-order valence-corrected chi connectivity index (χ0v) is 12.0. The number of carbonyl (C=O) groups excluding carboxylic acids is 1. The number of rotatable bonds is 3. The number of benzene rings is 1. The molecule has 1 aromatic rings. The third-order valence-electron chi connectivity index (χ3n) is 3.30. The van der Waals surface area contributed by atoms with Crippen LogP contribution in [0.25, 0.3) is 0 Å². The number of nitrogens with one attached hydrogen (secondary N) is 1. The second kappa shape index (κ2) is 5.66. The van der Waals surface area contributed by atoms with Crippen molar-refractivity contribution in [2.45, 2.75) is 12.5 Å². The summed E-state index contributed by atoms with van der Waals surface area (Å²) in [5.41, 5.74) is 0.411. The van der Waals surface area contributed by atoms with E-state index < -0.39 is 4.92 Å². The van der Waals surface area contributed by atoms with Crippen LogP contribution in [-0.2, 0) is 0 Å². The molecule has 1 saturated heterocycles. The van der Waals surface area contributed by atoms with Crippen LogP contribution in [-0.4, -0.2) is 41.9 Å². The van der Waals surface area contributed by atoms with Crippen LogP contribution >= 0.6 is 15.9 Å². The van der Waals surface area contributed by atoms with E-state index in [0.29, 0.717) is 10.0 Å². The predicted molar refractivity (Wildman–Crippen MR) is 74.2 cm³/mol. The Bertz CT molecular complexity index is 515. The minimum absolute atomic E-state index is 0.0337. The first-order valence-electron chi connectivity index (χ1n) is 5.92. The van der Waals surface area contributed by atoms with Gasteiger partial charge in [-0.25, -0.2) is 0 Å². The molecule has 102 valence electrons. The van der Waals surface area contributed by atoms with Gasteiger partial charge < -0.3 is 10.2 Å². The van der Waals surface area contributed by atoms with Crippen LogP contribution in [0.1, 0.15) is 16.8 Å². The summed E-state index contributed by atoms with van der Waals surface area (Å²) in [4.78, 5) is 24.2. The van der Waals surface area contributed by atoms with E-state index >= 15 is 0 Å². The number of carbonyl (C=O) groups is 1. The zero-order valence-electron chi connectivity index (χ0n) is 10.4. The number of likely N-dealkylation sites (N-methyl/N-ethyl adjacent to an activating group) is 1. The number of nitrogens with zero attached hydrogens (tertiary/aromatic N) is 2. The van der Waals surface area contributed by atoms with E-state index in [1.165, 1.54) is 18.2 Å². The molecule has 0 bridgehead atoms. The van der Waals surface area contributed by atoms with Gasteiger partial charge in [0, 0.05) is 36.2 Å². The molecule has 0 aliphatic carbocycles.